The van der Waals surface area contributed by atoms with E-state index < -0.39 is 11.8 Å². The first kappa shape index (κ1) is 8.53. The van der Waals surface area contributed by atoms with Gasteiger partial charge in [-0.25, -0.2) is 0 Å². The first-order valence-electron chi connectivity index (χ1n) is 4.78. The minimum atomic E-state index is -0.471. The van der Waals surface area contributed by atoms with E-state index in [2.05, 4.69) is 17.6 Å². The average Bonchev–Trinajstić information content (AvgIpc) is 2.93. The van der Waals surface area contributed by atoms with E-state index in [1.54, 1.807) is 0 Å². The average molecular weight is 182 g/mol. The lowest BCUT2D eigenvalue weighted by Gasteiger charge is -2.03. The van der Waals surface area contributed by atoms with Crippen molar-refractivity contribution < 1.29 is 9.59 Å². The van der Waals surface area contributed by atoms with Crippen LogP contribution in [0.5, 0.6) is 0 Å². The molecule has 2 unspecified atom stereocenters. The lowest BCUT2D eigenvalue weighted by molar-refractivity contribution is -0.139. The molecule has 0 radical (unpaired) electrons. The Labute approximate surface area is 77.1 Å². The van der Waals surface area contributed by atoms with Crippen LogP contribution in [0.25, 0.3) is 0 Å². The molecule has 2 aliphatic carbocycles. The van der Waals surface area contributed by atoms with Crippen LogP contribution >= 0.6 is 0 Å². The van der Waals surface area contributed by atoms with E-state index in [-0.39, 0.29) is 12.1 Å². The van der Waals surface area contributed by atoms with E-state index >= 15 is 0 Å². The van der Waals surface area contributed by atoms with Crippen molar-refractivity contribution in [3.63, 3.8) is 0 Å². The van der Waals surface area contributed by atoms with Crippen LogP contribution in [0.1, 0.15) is 26.2 Å². The van der Waals surface area contributed by atoms with Crippen LogP contribution in [-0.2, 0) is 9.59 Å². The van der Waals surface area contributed by atoms with Crippen LogP contribution in [0.4, 0.5) is 0 Å². The van der Waals surface area contributed by atoms with Crippen LogP contribution in [0.3, 0.4) is 0 Å². The molecule has 0 aromatic carbocycles. The summed E-state index contributed by atoms with van der Waals surface area (Å²) in [5, 5.41) is 5.34. The summed E-state index contributed by atoms with van der Waals surface area (Å²) < 4.78 is 0. The number of hydrogen-bond acceptors (Lipinski definition) is 2. The van der Waals surface area contributed by atoms with Crippen molar-refractivity contribution in [3.8, 4) is 0 Å². The van der Waals surface area contributed by atoms with Crippen LogP contribution in [0.2, 0.25) is 0 Å². The van der Waals surface area contributed by atoms with Gasteiger partial charge in [-0.1, -0.05) is 6.92 Å². The van der Waals surface area contributed by atoms with Gasteiger partial charge in [0.05, 0.1) is 0 Å². The normalized spacial score (nSPS) is 30.8. The second-order valence-electron chi connectivity index (χ2n) is 4.04. The summed E-state index contributed by atoms with van der Waals surface area (Å²) in [7, 11) is 0. The van der Waals surface area contributed by atoms with E-state index in [9.17, 15) is 9.59 Å². The highest BCUT2D eigenvalue weighted by Gasteiger charge is 2.36. The number of hydrogen-bond donors (Lipinski definition) is 2. The molecule has 2 saturated carbocycles. The number of amides is 2. The number of nitrogens with one attached hydrogen (secondary N) is 2. The van der Waals surface area contributed by atoms with E-state index in [0.717, 1.165) is 19.3 Å². The molecule has 4 heteroatoms. The minimum absolute atomic E-state index is 0.234. The topological polar surface area (TPSA) is 58.2 Å². The summed E-state index contributed by atoms with van der Waals surface area (Å²) in [6.45, 7) is 2.06. The minimum Gasteiger partial charge on any atom is -0.345 e. The molecule has 13 heavy (non-hydrogen) atoms. The third-order valence-electron chi connectivity index (χ3n) is 2.54. The van der Waals surface area contributed by atoms with E-state index in [1.807, 2.05) is 0 Å². The van der Waals surface area contributed by atoms with E-state index in [1.165, 1.54) is 0 Å². The van der Waals surface area contributed by atoms with Crippen molar-refractivity contribution in [2.45, 2.75) is 38.3 Å². The third-order valence-corrected chi connectivity index (χ3v) is 2.54. The molecule has 0 saturated heterocycles. The summed E-state index contributed by atoms with van der Waals surface area (Å²) in [6, 6.07) is 0.493. The fraction of sp³-hybridized carbons (Fsp3) is 0.778. The Bertz CT molecular complexity index is 248. The largest absolute Gasteiger partial charge is 0.345 e. The molecular weight excluding hydrogens is 168 g/mol. The lowest BCUT2D eigenvalue weighted by Crippen LogP contribution is -2.42. The Morgan fingerprint density at radius 2 is 1.69 bits per heavy atom. The molecule has 2 aliphatic rings. The van der Waals surface area contributed by atoms with Crippen molar-refractivity contribution in [1.82, 2.24) is 10.6 Å². The maximum absolute atomic E-state index is 11.2. The molecule has 4 nitrogen and oxygen atoms in total. The second-order valence-corrected chi connectivity index (χ2v) is 4.04. The Kier molecular flexibility index (Phi) is 1.98. The van der Waals surface area contributed by atoms with Crippen molar-refractivity contribution in [3.05, 3.63) is 0 Å². The molecule has 72 valence electrons. The molecule has 0 spiro atoms. The standard InChI is InChI=1S/C9H14N2O2/c1-5-4-7(5)11-9(13)8(12)10-6-2-3-6/h5-7H,2-4H2,1H3,(H,10,12)(H,11,13). The molecule has 0 aromatic rings. The van der Waals surface area contributed by atoms with Gasteiger partial charge in [-0.2, -0.15) is 0 Å². The lowest BCUT2D eigenvalue weighted by atomic mass is 10.4. The first-order chi connectivity index (χ1) is 6.16. The summed E-state index contributed by atoms with van der Waals surface area (Å²) in [6.07, 6.45) is 3.03. The van der Waals surface area contributed by atoms with Gasteiger partial charge >= 0.3 is 11.8 Å². The molecule has 0 bridgehead atoms. The second kappa shape index (κ2) is 3.01. The number of carbonyl (C=O) groups is 2. The highest BCUT2D eigenvalue weighted by Crippen LogP contribution is 2.28. The summed E-state index contributed by atoms with van der Waals surface area (Å²) in [4.78, 5) is 22.3. The molecule has 0 aromatic heterocycles. The van der Waals surface area contributed by atoms with Crippen molar-refractivity contribution in [2.24, 2.45) is 5.92 Å². The smallest absolute Gasteiger partial charge is 0.309 e. The predicted molar refractivity (Wildman–Crippen MR) is 46.9 cm³/mol. The van der Waals surface area contributed by atoms with Crippen molar-refractivity contribution in [1.29, 1.82) is 0 Å². The fourth-order valence-corrected chi connectivity index (χ4v) is 1.24. The zero-order valence-electron chi connectivity index (χ0n) is 7.67. The van der Waals surface area contributed by atoms with Crippen LogP contribution in [0, 0.1) is 5.92 Å². The van der Waals surface area contributed by atoms with Crippen molar-refractivity contribution in [2.75, 3.05) is 0 Å². The van der Waals surface area contributed by atoms with E-state index in [0.29, 0.717) is 5.92 Å². The van der Waals surface area contributed by atoms with Crippen LogP contribution < -0.4 is 10.6 Å². The van der Waals surface area contributed by atoms with Gasteiger partial charge in [0, 0.05) is 12.1 Å². The fourth-order valence-electron chi connectivity index (χ4n) is 1.24. The van der Waals surface area contributed by atoms with Gasteiger partial charge in [-0.15, -0.1) is 0 Å². The summed E-state index contributed by atoms with van der Waals surface area (Å²) in [5.74, 6) is -0.402. The van der Waals surface area contributed by atoms with Crippen LogP contribution in [0.15, 0.2) is 0 Å². The zero-order chi connectivity index (χ0) is 9.42. The molecule has 0 aliphatic heterocycles. The van der Waals surface area contributed by atoms with Crippen molar-refractivity contribution >= 4 is 11.8 Å². The number of rotatable bonds is 2. The molecular formula is C9H14N2O2. The highest BCUT2D eigenvalue weighted by atomic mass is 16.2. The molecule has 0 heterocycles. The Hall–Kier alpha value is -1.06. The molecule has 2 atom stereocenters. The maximum atomic E-state index is 11.2. The Morgan fingerprint density at radius 3 is 2.15 bits per heavy atom. The van der Waals surface area contributed by atoms with E-state index in [4.69, 9.17) is 0 Å². The molecule has 2 rings (SSSR count). The molecule has 2 amide bonds. The maximum Gasteiger partial charge on any atom is 0.309 e. The van der Waals surface area contributed by atoms with Gasteiger partial charge in [0.1, 0.15) is 0 Å². The van der Waals surface area contributed by atoms with Gasteiger partial charge in [0.15, 0.2) is 0 Å². The monoisotopic (exact) mass is 182 g/mol. The quantitative estimate of drug-likeness (QED) is 0.580. The van der Waals surface area contributed by atoms with Gasteiger partial charge in [0.2, 0.25) is 0 Å². The highest BCUT2D eigenvalue weighted by molar-refractivity contribution is 6.35. The SMILES string of the molecule is CC1CC1NC(=O)C(=O)NC1CC1. The third kappa shape index (κ3) is 2.20. The predicted octanol–water partition coefficient (Wildman–Crippen LogP) is -0.210. The first-order valence-corrected chi connectivity index (χ1v) is 4.78. The summed E-state index contributed by atoms with van der Waals surface area (Å²) >= 11 is 0. The zero-order valence-corrected chi connectivity index (χ0v) is 7.67. The summed E-state index contributed by atoms with van der Waals surface area (Å²) in [5.41, 5.74) is 0. The van der Waals surface area contributed by atoms with Gasteiger partial charge in [0.25, 0.3) is 0 Å². The Balaban J connectivity index is 1.72. The molecule has 2 N–H and O–H groups in total. The number of carbonyl (C=O) groups excluding carboxylic acids is 2. The molecule has 2 fully saturated rings. The van der Waals surface area contributed by atoms with Gasteiger partial charge in [-0.05, 0) is 25.2 Å². The Morgan fingerprint density at radius 1 is 1.15 bits per heavy atom. The van der Waals surface area contributed by atoms with Gasteiger partial charge in [-0.3, -0.25) is 9.59 Å². The van der Waals surface area contributed by atoms with Gasteiger partial charge < -0.3 is 10.6 Å². The van der Waals surface area contributed by atoms with Crippen LogP contribution in [-0.4, -0.2) is 23.9 Å².